The van der Waals surface area contributed by atoms with Crippen molar-refractivity contribution in [3.63, 3.8) is 0 Å². The van der Waals surface area contributed by atoms with Crippen LogP contribution in [0, 0.1) is 17.1 Å². The van der Waals surface area contributed by atoms with Crippen molar-refractivity contribution in [3.05, 3.63) is 59.2 Å². The molecule has 2 N–H and O–H groups in total. The molecule has 0 saturated carbocycles. The Balaban J connectivity index is 2.19. The zero-order chi connectivity index (χ0) is 14.5. The van der Waals surface area contributed by atoms with E-state index in [9.17, 15) is 4.39 Å². The van der Waals surface area contributed by atoms with Gasteiger partial charge in [0.25, 0.3) is 0 Å². The summed E-state index contributed by atoms with van der Waals surface area (Å²) in [5.41, 5.74) is 8.32. The monoisotopic (exact) mass is 271 g/mol. The Kier molecular flexibility index (Phi) is 4.54. The molecule has 0 saturated heterocycles. The molecule has 0 radical (unpaired) electrons. The van der Waals surface area contributed by atoms with Crippen molar-refractivity contribution in [2.45, 2.75) is 32.4 Å². The number of aromatic nitrogens is 1. The third-order valence-electron chi connectivity index (χ3n) is 3.34. The van der Waals surface area contributed by atoms with E-state index in [2.05, 4.69) is 13.0 Å². The molecule has 0 aliphatic rings. The number of nitrogens with two attached hydrogens (primary N) is 1. The van der Waals surface area contributed by atoms with E-state index in [1.165, 1.54) is 18.2 Å². The van der Waals surface area contributed by atoms with Crippen LogP contribution in [-0.4, -0.2) is 4.57 Å². The summed E-state index contributed by atoms with van der Waals surface area (Å²) in [4.78, 5) is 0. The molecule has 1 heterocycles. The number of halogens is 1. The van der Waals surface area contributed by atoms with Gasteiger partial charge in [-0.2, -0.15) is 5.26 Å². The second-order valence-corrected chi connectivity index (χ2v) is 4.93. The fourth-order valence-corrected chi connectivity index (χ4v) is 2.25. The van der Waals surface area contributed by atoms with Gasteiger partial charge in [-0.15, -0.1) is 0 Å². The molecule has 0 amide bonds. The van der Waals surface area contributed by atoms with E-state index >= 15 is 0 Å². The quantitative estimate of drug-likeness (QED) is 0.906. The number of benzene rings is 1. The van der Waals surface area contributed by atoms with Gasteiger partial charge in [-0.25, -0.2) is 4.39 Å². The van der Waals surface area contributed by atoms with Gasteiger partial charge in [0.1, 0.15) is 5.82 Å². The average Bonchev–Trinajstić information content (AvgIpc) is 2.88. The Bertz CT molecular complexity index is 625. The number of hydrogen-bond donors (Lipinski definition) is 1. The molecule has 0 bridgehead atoms. The lowest BCUT2D eigenvalue weighted by Crippen LogP contribution is -2.09. The molecule has 0 aliphatic carbocycles. The van der Waals surface area contributed by atoms with Crippen LogP contribution < -0.4 is 5.73 Å². The molecular weight excluding hydrogens is 253 g/mol. The summed E-state index contributed by atoms with van der Waals surface area (Å²) in [5, 5.41) is 9.05. The topological polar surface area (TPSA) is 54.7 Å². The fraction of sp³-hybridized carbons (Fsp3) is 0.312. The van der Waals surface area contributed by atoms with Crippen molar-refractivity contribution in [1.82, 2.24) is 4.57 Å². The highest BCUT2D eigenvalue weighted by Gasteiger charge is 2.08. The molecule has 1 aromatic heterocycles. The number of rotatable bonds is 5. The third kappa shape index (κ3) is 3.25. The van der Waals surface area contributed by atoms with Gasteiger partial charge in [-0.05, 0) is 41.8 Å². The molecule has 104 valence electrons. The van der Waals surface area contributed by atoms with Crippen LogP contribution in [0.1, 0.15) is 42.5 Å². The lowest BCUT2D eigenvalue weighted by molar-refractivity contribution is 0.622. The zero-order valence-corrected chi connectivity index (χ0v) is 11.5. The van der Waals surface area contributed by atoms with Crippen molar-refractivity contribution in [2.75, 3.05) is 0 Å². The maximum absolute atomic E-state index is 13.3. The van der Waals surface area contributed by atoms with E-state index in [-0.39, 0.29) is 11.9 Å². The lowest BCUT2D eigenvalue weighted by Gasteiger charge is -2.08. The first-order valence-corrected chi connectivity index (χ1v) is 6.73. The van der Waals surface area contributed by atoms with Crippen LogP contribution in [0.3, 0.4) is 0 Å². The first kappa shape index (κ1) is 14.3. The molecule has 0 aliphatic heterocycles. The molecule has 4 heteroatoms. The minimum atomic E-state index is -0.325. The lowest BCUT2D eigenvalue weighted by atomic mass is 10.1. The van der Waals surface area contributed by atoms with Crippen LogP contribution in [0.2, 0.25) is 0 Å². The van der Waals surface area contributed by atoms with E-state index in [1.807, 2.05) is 23.0 Å². The van der Waals surface area contributed by atoms with Crippen LogP contribution in [0.5, 0.6) is 0 Å². The summed E-state index contributed by atoms with van der Waals surface area (Å²) in [6.45, 7) is 2.57. The molecular formula is C16H18FN3. The van der Waals surface area contributed by atoms with Gasteiger partial charge in [0.2, 0.25) is 0 Å². The molecule has 20 heavy (non-hydrogen) atoms. The number of nitrogens with zero attached hydrogens (tertiary/aromatic N) is 2. The molecule has 0 spiro atoms. The van der Waals surface area contributed by atoms with Gasteiger partial charge < -0.3 is 10.3 Å². The van der Waals surface area contributed by atoms with Crippen molar-refractivity contribution >= 4 is 0 Å². The van der Waals surface area contributed by atoms with E-state index in [0.29, 0.717) is 17.7 Å². The highest BCUT2D eigenvalue weighted by Crippen LogP contribution is 2.18. The van der Waals surface area contributed by atoms with Gasteiger partial charge in [0.05, 0.1) is 11.6 Å². The molecule has 2 rings (SSSR count). The van der Waals surface area contributed by atoms with Gasteiger partial charge in [0, 0.05) is 25.0 Å². The number of hydrogen-bond acceptors (Lipinski definition) is 2. The second-order valence-electron chi connectivity index (χ2n) is 4.93. The molecule has 1 atom stereocenters. The SMILES string of the molecule is CCCC(N)c1ccn(Cc2cc(F)ccc2C#N)c1. The molecule has 1 aromatic carbocycles. The Morgan fingerprint density at radius 2 is 2.20 bits per heavy atom. The number of nitriles is 1. The Morgan fingerprint density at radius 1 is 1.40 bits per heavy atom. The normalized spacial score (nSPS) is 12.1. The average molecular weight is 271 g/mol. The summed E-state index contributed by atoms with van der Waals surface area (Å²) < 4.78 is 15.2. The van der Waals surface area contributed by atoms with Gasteiger partial charge in [0.15, 0.2) is 0 Å². The Morgan fingerprint density at radius 3 is 2.90 bits per heavy atom. The highest BCUT2D eigenvalue weighted by molar-refractivity contribution is 5.38. The van der Waals surface area contributed by atoms with Crippen LogP contribution in [0.15, 0.2) is 36.7 Å². The van der Waals surface area contributed by atoms with E-state index in [0.717, 1.165) is 18.4 Å². The van der Waals surface area contributed by atoms with E-state index in [4.69, 9.17) is 11.0 Å². The van der Waals surface area contributed by atoms with Crippen LogP contribution in [0.4, 0.5) is 4.39 Å². The summed E-state index contributed by atoms with van der Waals surface area (Å²) >= 11 is 0. The van der Waals surface area contributed by atoms with Crippen molar-refractivity contribution in [3.8, 4) is 6.07 Å². The largest absolute Gasteiger partial charge is 0.350 e. The standard InChI is InChI=1S/C16H18FN3/c1-2-3-16(19)13-6-7-20(10-13)11-14-8-15(17)5-4-12(14)9-18/h4-8,10,16H,2-3,11,19H2,1H3. The second kappa shape index (κ2) is 6.36. The third-order valence-corrected chi connectivity index (χ3v) is 3.34. The van der Waals surface area contributed by atoms with Gasteiger partial charge in [-0.3, -0.25) is 0 Å². The van der Waals surface area contributed by atoms with Crippen molar-refractivity contribution in [1.29, 1.82) is 5.26 Å². The maximum Gasteiger partial charge on any atom is 0.123 e. The molecule has 1 unspecified atom stereocenters. The Labute approximate surface area is 118 Å². The summed E-state index contributed by atoms with van der Waals surface area (Å²) in [7, 11) is 0. The maximum atomic E-state index is 13.3. The first-order chi connectivity index (χ1) is 9.63. The molecule has 2 aromatic rings. The predicted molar refractivity (Wildman–Crippen MR) is 76.5 cm³/mol. The zero-order valence-electron chi connectivity index (χ0n) is 11.5. The van der Waals surface area contributed by atoms with Crippen molar-refractivity contribution < 1.29 is 4.39 Å². The predicted octanol–water partition coefficient (Wildman–Crippen LogP) is 3.35. The minimum absolute atomic E-state index is 0.0317. The van der Waals surface area contributed by atoms with Crippen LogP contribution >= 0.6 is 0 Å². The van der Waals surface area contributed by atoms with E-state index in [1.54, 1.807) is 0 Å². The smallest absolute Gasteiger partial charge is 0.123 e. The minimum Gasteiger partial charge on any atom is -0.350 e. The molecule has 0 fully saturated rings. The highest BCUT2D eigenvalue weighted by atomic mass is 19.1. The van der Waals surface area contributed by atoms with Gasteiger partial charge in [-0.1, -0.05) is 13.3 Å². The fourth-order valence-electron chi connectivity index (χ4n) is 2.25. The van der Waals surface area contributed by atoms with E-state index < -0.39 is 0 Å². The van der Waals surface area contributed by atoms with Crippen LogP contribution in [0.25, 0.3) is 0 Å². The summed E-state index contributed by atoms with van der Waals surface area (Å²) in [6.07, 6.45) is 5.85. The molecule has 3 nitrogen and oxygen atoms in total. The Hall–Kier alpha value is -2.12. The first-order valence-electron chi connectivity index (χ1n) is 6.73. The summed E-state index contributed by atoms with van der Waals surface area (Å²) in [5.74, 6) is -0.325. The summed E-state index contributed by atoms with van der Waals surface area (Å²) in [6, 6.07) is 8.32. The van der Waals surface area contributed by atoms with Crippen molar-refractivity contribution in [2.24, 2.45) is 5.73 Å². The van der Waals surface area contributed by atoms with Crippen LogP contribution in [-0.2, 0) is 6.54 Å². The van der Waals surface area contributed by atoms with Gasteiger partial charge >= 0.3 is 0 Å².